The summed E-state index contributed by atoms with van der Waals surface area (Å²) in [4.78, 5) is 31.4. The fourth-order valence-corrected chi connectivity index (χ4v) is 2.95. The zero-order chi connectivity index (χ0) is 18.0. The summed E-state index contributed by atoms with van der Waals surface area (Å²) in [5.74, 6) is 0.848. The van der Waals surface area contributed by atoms with Crippen LogP contribution in [0.2, 0.25) is 0 Å². The van der Waals surface area contributed by atoms with Crippen molar-refractivity contribution in [1.29, 1.82) is 0 Å². The fourth-order valence-electron chi connectivity index (χ4n) is 2.95. The largest absolute Gasteiger partial charge is 0.338 e. The number of nitro groups is 1. The first-order valence-electron chi connectivity index (χ1n) is 8.00. The third-order valence-corrected chi connectivity index (χ3v) is 4.25. The van der Waals surface area contributed by atoms with E-state index in [4.69, 9.17) is 4.52 Å². The van der Waals surface area contributed by atoms with Crippen molar-refractivity contribution in [2.24, 2.45) is 0 Å². The molecule has 2 heterocycles. The minimum atomic E-state index is -0.506. The molecule has 0 aliphatic carbocycles. The molecular weight excluding hydrogens is 326 g/mol. The minimum Gasteiger partial charge on any atom is -0.338 e. The van der Waals surface area contributed by atoms with E-state index in [0.29, 0.717) is 50.0 Å². The predicted molar refractivity (Wildman–Crippen MR) is 88.0 cm³/mol. The molecule has 0 atom stereocenters. The van der Waals surface area contributed by atoms with E-state index < -0.39 is 4.92 Å². The fraction of sp³-hybridized carbons (Fsp3) is 0.438. The second kappa shape index (κ2) is 6.98. The molecule has 132 valence electrons. The van der Waals surface area contributed by atoms with Crippen LogP contribution in [-0.4, -0.2) is 56.9 Å². The molecule has 1 aromatic carbocycles. The molecule has 0 bridgehead atoms. The van der Waals surface area contributed by atoms with Crippen LogP contribution in [0.1, 0.15) is 27.6 Å². The van der Waals surface area contributed by atoms with Gasteiger partial charge in [0.2, 0.25) is 5.89 Å². The lowest BCUT2D eigenvalue weighted by Gasteiger charge is -2.34. The van der Waals surface area contributed by atoms with Gasteiger partial charge in [0.15, 0.2) is 5.82 Å². The van der Waals surface area contributed by atoms with Crippen LogP contribution in [0.4, 0.5) is 5.69 Å². The van der Waals surface area contributed by atoms with Gasteiger partial charge in [-0.2, -0.15) is 4.98 Å². The molecule has 1 aromatic heterocycles. The topological polar surface area (TPSA) is 106 Å². The Morgan fingerprint density at radius 2 is 2.00 bits per heavy atom. The van der Waals surface area contributed by atoms with Crippen LogP contribution in [0.3, 0.4) is 0 Å². The highest BCUT2D eigenvalue weighted by atomic mass is 16.6. The van der Waals surface area contributed by atoms with Crippen molar-refractivity contribution in [2.75, 3.05) is 26.2 Å². The molecule has 1 aliphatic rings. The predicted octanol–water partition coefficient (Wildman–Crippen LogP) is 1.55. The molecule has 0 spiro atoms. The Bertz CT molecular complexity index is 796. The first-order chi connectivity index (χ1) is 12.0. The molecule has 25 heavy (non-hydrogen) atoms. The van der Waals surface area contributed by atoms with Gasteiger partial charge in [-0.05, 0) is 19.4 Å². The van der Waals surface area contributed by atoms with Gasteiger partial charge in [-0.25, -0.2) is 0 Å². The van der Waals surface area contributed by atoms with E-state index in [1.807, 2.05) is 0 Å². The second-order valence-corrected chi connectivity index (χ2v) is 6.03. The highest BCUT2D eigenvalue weighted by Crippen LogP contribution is 2.24. The highest BCUT2D eigenvalue weighted by Gasteiger charge is 2.29. The van der Waals surface area contributed by atoms with Gasteiger partial charge in [0.1, 0.15) is 5.56 Å². The Balaban J connectivity index is 1.67. The van der Waals surface area contributed by atoms with Crippen LogP contribution in [0.5, 0.6) is 0 Å². The quantitative estimate of drug-likeness (QED) is 0.611. The van der Waals surface area contributed by atoms with E-state index in [1.54, 1.807) is 30.9 Å². The standard InChI is InChI=1S/C16H19N5O4/c1-11-4-3-5-13(21(23)24)15(11)16(22)20-8-6-19(7-9-20)10-14-17-12(2)18-25-14/h3-5H,6-10H2,1-2H3. The molecule has 1 fully saturated rings. The maximum atomic E-state index is 12.8. The van der Waals surface area contributed by atoms with Crippen LogP contribution in [-0.2, 0) is 6.54 Å². The van der Waals surface area contributed by atoms with Crippen molar-refractivity contribution in [3.8, 4) is 0 Å². The van der Waals surface area contributed by atoms with Crippen LogP contribution in [0, 0.1) is 24.0 Å². The smallest absolute Gasteiger partial charge is 0.282 e. The van der Waals surface area contributed by atoms with Crippen molar-refractivity contribution >= 4 is 11.6 Å². The van der Waals surface area contributed by atoms with Crippen molar-refractivity contribution in [1.82, 2.24) is 19.9 Å². The molecular formula is C16H19N5O4. The van der Waals surface area contributed by atoms with Crippen LogP contribution in [0.15, 0.2) is 22.7 Å². The van der Waals surface area contributed by atoms with E-state index in [2.05, 4.69) is 15.0 Å². The molecule has 0 saturated carbocycles. The van der Waals surface area contributed by atoms with Crippen LogP contribution in [0.25, 0.3) is 0 Å². The number of aromatic nitrogens is 2. The SMILES string of the molecule is Cc1noc(CN2CCN(C(=O)c3c(C)cccc3[N+](=O)[O-])CC2)n1. The Labute approximate surface area is 144 Å². The maximum absolute atomic E-state index is 12.8. The number of carbonyl (C=O) groups is 1. The molecule has 0 N–H and O–H groups in total. The van der Waals surface area contributed by atoms with Crippen molar-refractivity contribution in [3.05, 3.63) is 51.2 Å². The lowest BCUT2D eigenvalue weighted by molar-refractivity contribution is -0.385. The number of hydrogen-bond acceptors (Lipinski definition) is 7. The maximum Gasteiger partial charge on any atom is 0.282 e. The number of amides is 1. The third-order valence-electron chi connectivity index (χ3n) is 4.25. The highest BCUT2D eigenvalue weighted by molar-refractivity contribution is 5.99. The van der Waals surface area contributed by atoms with Crippen molar-refractivity contribution < 1.29 is 14.2 Å². The number of piperazine rings is 1. The molecule has 1 aliphatic heterocycles. The molecule has 1 saturated heterocycles. The Kier molecular flexibility index (Phi) is 4.75. The van der Waals surface area contributed by atoms with Gasteiger partial charge >= 0.3 is 0 Å². The van der Waals surface area contributed by atoms with E-state index in [-0.39, 0.29) is 17.2 Å². The average Bonchev–Trinajstić information content (AvgIpc) is 2.99. The van der Waals surface area contributed by atoms with Gasteiger partial charge in [-0.1, -0.05) is 17.3 Å². The number of nitrogens with zero attached hydrogens (tertiary/aromatic N) is 5. The van der Waals surface area contributed by atoms with Crippen molar-refractivity contribution in [2.45, 2.75) is 20.4 Å². The minimum absolute atomic E-state index is 0.145. The Morgan fingerprint density at radius 3 is 2.60 bits per heavy atom. The molecule has 9 nitrogen and oxygen atoms in total. The van der Waals surface area contributed by atoms with E-state index in [1.165, 1.54) is 6.07 Å². The number of aryl methyl sites for hydroxylation is 2. The molecule has 2 aromatic rings. The molecule has 9 heteroatoms. The van der Waals surface area contributed by atoms with Crippen molar-refractivity contribution in [3.63, 3.8) is 0 Å². The van der Waals surface area contributed by atoms with Crippen LogP contribution < -0.4 is 0 Å². The zero-order valence-corrected chi connectivity index (χ0v) is 14.1. The summed E-state index contributed by atoms with van der Waals surface area (Å²) < 4.78 is 5.11. The normalized spacial score (nSPS) is 15.4. The van der Waals surface area contributed by atoms with Crippen LogP contribution >= 0.6 is 0 Å². The summed E-state index contributed by atoms with van der Waals surface area (Å²) >= 11 is 0. The number of rotatable bonds is 4. The molecule has 0 unspecified atom stereocenters. The van der Waals surface area contributed by atoms with Gasteiger partial charge < -0.3 is 9.42 Å². The number of carbonyl (C=O) groups excluding carboxylic acids is 1. The summed E-state index contributed by atoms with van der Waals surface area (Å²) in [7, 11) is 0. The monoisotopic (exact) mass is 345 g/mol. The lowest BCUT2D eigenvalue weighted by Crippen LogP contribution is -2.48. The van der Waals surface area contributed by atoms with Gasteiger partial charge in [0.05, 0.1) is 11.5 Å². The Morgan fingerprint density at radius 1 is 1.28 bits per heavy atom. The lowest BCUT2D eigenvalue weighted by atomic mass is 10.0. The summed E-state index contributed by atoms with van der Waals surface area (Å²) in [6.45, 7) is 6.30. The first kappa shape index (κ1) is 17.0. The third kappa shape index (κ3) is 3.66. The van der Waals surface area contributed by atoms with E-state index >= 15 is 0 Å². The Hall–Kier alpha value is -2.81. The molecule has 3 rings (SSSR count). The average molecular weight is 345 g/mol. The van der Waals surface area contributed by atoms with E-state index in [9.17, 15) is 14.9 Å². The second-order valence-electron chi connectivity index (χ2n) is 6.03. The molecule has 0 radical (unpaired) electrons. The number of benzene rings is 1. The summed E-state index contributed by atoms with van der Waals surface area (Å²) in [5.41, 5.74) is 0.644. The van der Waals surface area contributed by atoms with Gasteiger partial charge in [-0.3, -0.25) is 19.8 Å². The summed E-state index contributed by atoms with van der Waals surface area (Å²) in [6, 6.07) is 4.68. The summed E-state index contributed by atoms with van der Waals surface area (Å²) in [5, 5.41) is 15.0. The zero-order valence-electron chi connectivity index (χ0n) is 14.1. The first-order valence-corrected chi connectivity index (χ1v) is 8.00. The van der Waals surface area contributed by atoms with Gasteiger partial charge in [-0.15, -0.1) is 0 Å². The number of hydrogen-bond donors (Lipinski definition) is 0. The van der Waals surface area contributed by atoms with Gasteiger partial charge in [0, 0.05) is 32.2 Å². The van der Waals surface area contributed by atoms with Gasteiger partial charge in [0.25, 0.3) is 11.6 Å². The summed E-state index contributed by atoms with van der Waals surface area (Å²) in [6.07, 6.45) is 0. The molecule has 1 amide bonds. The van der Waals surface area contributed by atoms with E-state index in [0.717, 1.165) is 0 Å². The number of nitro benzene ring substituents is 1.